The Labute approximate surface area is 192 Å². The lowest BCUT2D eigenvalue weighted by molar-refractivity contribution is -0.142. The Morgan fingerprint density at radius 1 is 1.09 bits per heavy atom. The average molecular weight is 485 g/mol. The van der Waals surface area contributed by atoms with Crippen LogP contribution in [-0.2, 0) is 19.6 Å². The molecule has 1 fully saturated rings. The summed E-state index contributed by atoms with van der Waals surface area (Å²) in [6.07, 6.45) is -0.709. The smallest absolute Gasteiger partial charge is 0.263 e. The van der Waals surface area contributed by atoms with Crippen LogP contribution in [0.25, 0.3) is 0 Å². The van der Waals surface area contributed by atoms with Crippen molar-refractivity contribution in [1.82, 2.24) is 4.90 Å². The van der Waals surface area contributed by atoms with E-state index >= 15 is 0 Å². The van der Waals surface area contributed by atoms with Crippen molar-refractivity contribution < 1.29 is 32.2 Å². The van der Waals surface area contributed by atoms with Crippen LogP contribution >= 0.6 is 11.6 Å². The molecule has 1 saturated heterocycles. The zero-order chi connectivity index (χ0) is 23.3. The SMILES string of the molecule is COc1cc(NS(=O)(=O)c2ccc(O[C@H](C)C(=O)N3CCOCC3)cc2)c(OC)cc1Cl. The Morgan fingerprint density at radius 2 is 1.72 bits per heavy atom. The first kappa shape index (κ1) is 24.0. The van der Waals surface area contributed by atoms with Crippen molar-refractivity contribution in [1.29, 1.82) is 0 Å². The highest BCUT2D eigenvalue weighted by atomic mass is 35.5. The molecule has 0 aliphatic carbocycles. The first-order valence-electron chi connectivity index (χ1n) is 9.82. The van der Waals surface area contributed by atoms with Crippen LogP contribution in [0.3, 0.4) is 0 Å². The Kier molecular flexibility index (Phi) is 7.70. The molecule has 1 atom stereocenters. The van der Waals surface area contributed by atoms with Gasteiger partial charge in [0.1, 0.15) is 17.2 Å². The van der Waals surface area contributed by atoms with Crippen LogP contribution in [0.1, 0.15) is 6.92 Å². The summed E-state index contributed by atoms with van der Waals surface area (Å²) in [6.45, 7) is 3.71. The Hall–Kier alpha value is -2.69. The third kappa shape index (κ3) is 5.56. The van der Waals surface area contributed by atoms with Gasteiger partial charge in [-0.25, -0.2) is 8.42 Å². The highest BCUT2D eigenvalue weighted by Gasteiger charge is 2.24. The number of hydrogen-bond acceptors (Lipinski definition) is 7. The van der Waals surface area contributed by atoms with Crippen molar-refractivity contribution in [2.24, 2.45) is 0 Å². The average Bonchev–Trinajstić information content (AvgIpc) is 2.80. The maximum atomic E-state index is 12.8. The van der Waals surface area contributed by atoms with Crippen molar-refractivity contribution in [3.8, 4) is 17.2 Å². The van der Waals surface area contributed by atoms with E-state index in [9.17, 15) is 13.2 Å². The number of rotatable bonds is 8. The number of halogens is 1. The number of morpholine rings is 1. The zero-order valence-corrected chi connectivity index (χ0v) is 19.5. The van der Waals surface area contributed by atoms with E-state index in [1.165, 1.54) is 50.6 Å². The van der Waals surface area contributed by atoms with Crippen molar-refractivity contribution >= 4 is 33.2 Å². The second-order valence-corrected chi connectivity index (χ2v) is 9.05. The number of hydrogen-bond donors (Lipinski definition) is 1. The normalized spacial score (nSPS) is 15.1. The number of carbonyl (C=O) groups is 1. The van der Waals surface area contributed by atoms with E-state index in [1.54, 1.807) is 11.8 Å². The molecular formula is C21H25ClN2O7S. The standard InChI is InChI=1S/C21H25ClN2O7S/c1-14(21(25)24-8-10-30-11-9-24)31-15-4-6-16(7-5-15)32(26,27)23-18-13-19(28-2)17(22)12-20(18)29-3/h4-7,12-14,23H,8-11H2,1-3H3/t14-/m1/s1. The molecule has 0 unspecified atom stereocenters. The molecule has 0 aromatic heterocycles. The number of ether oxygens (including phenoxy) is 4. The van der Waals surface area contributed by atoms with Crippen LogP contribution in [0.5, 0.6) is 17.2 Å². The van der Waals surface area contributed by atoms with Gasteiger partial charge in [-0.1, -0.05) is 11.6 Å². The zero-order valence-electron chi connectivity index (χ0n) is 18.0. The molecule has 1 heterocycles. The van der Waals surface area contributed by atoms with Crippen LogP contribution in [0.4, 0.5) is 5.69 Å². The van der Waals surface area contributed by atoms with E-state index in [0.29, 0.717) is 37.8 Å². The summed E-state index contributed by atoms with van der Waals surface area (Å²) < 4.78 is 49.5. The summed E-state index contributed by atoms with van der Waals surface area (Å²) in [5.74, 6) is 0.780. The summed E-state index contributed by atoms with van der Waals surface area (Å²) in [5.41, 5.74) is 0.179. The molecule has 1 amide bonds. The first-order valence-corrected chi connectivity index (χ1v) is 11.7. The largest absolute Gasteiger partial charge is 0.495 e. The topological polar surface area (TPSA) is 103 Å². The van der Waals surface area contributed by atoms with E-state index in [2.05, 4.69) is 4.72 Å². The van der Waals surface area contributed by atoms with Gasteiger partial charge in [0.2, 0.25) is 0 Å². The minimum absolute atomic E-state index is 0.00739. The number of amides is 1. The van der Waals surface area contributed by atoms with Crippen LogP contribution in [-0.4, -0.2) is 65.9 Å². The molecule has 2 aromatic carbocycles. The highest BCUT2D eigenvalue weighted by Crippen LogP contribution is 2.37. The molecular weight excluding hydrogens is 460 g/mol. The number of nitrogens with one attached hydrogen (secondary N) is 1. The van der Waals surface area contributed by atoms with Crippen LogP contribution in [0.15, 0.2) is 41.3 Å². The molecule has 0 bridgehead atoms. The number of carbonyl (C=O) groups excluding carboxylic acids is 1. The van der Waals surface area contributed by atoms with Gasteiger partial charge < -0.3 is 23.8 Å². The monoisotopic (exact) mass is 484 g/mol. The van der Waals surface area contributed by atoms with Gasteiger partial charge in [-0.05, 0) is 31.2 Å². The molecule has 0 radical (unpaired) electrons. The number of benzene rings is 2. The van der Waals surface area contributed by atoms with Crippen LogP contribution in [0, 0.1) is 0 Å². The fourth-order valence-corrected chi connectivity index (χ4v) is 4.43. The highest BCUT2D eigenvalue weighted by molar-refractivity contribution is 7.92. The lowest BCUT2D eigenvalue weighted by Crippen LogP contribution is -2.46. The second-order valence-electron chi connectivity index (χ2n) is 6.96. The van der Waals surface area contributed by atoms with E-state index < -0.39 is 16.1 Å². The predicted molar refractivity (Wildman–Crippen MR) is 119 cm³/mol. The summed E-state index contributed by atoms with van der Waals surface area (Å²) in [7, 11) is -1.11. The number of anilines is 1. The first-order chi connectivity index (χ1) is 15.2. The number of nitrogens with zero attached hydrogens (tertiary/aromatic N) is 1. The van der Waals surface area contributed by atoms with Gasteiger partial charge in [0.05, 0.1) is 43.0 Å². The minimum atomic E-state index is -3.94. The minimum Gasteiger partial charge on any atom is -0.495 e. The second kappa shape index (κ2) is 10.3. The molecule has 174 valence electrons. The van der Waals surface area contributed by atoms with Gasteiger partial charge in [-0.15, -0.1) is 0 Å². The molecule has 1 N–H and O–H groups in total. The number of sulfonamides is 1. The third-order valence-corrected chi connectivity index (χ3v) is 6.51. The summed E-state index contributed by atoms with van der Waals surface area (Å²) >= 11 is 6.07. The molecule has 32 heavy (non-hydrogen) atoms. The fourth-order valence-electron chi connectivity index (χ4n) is 3.14. The molecule has 1 aliphatic rings. The van der Waals surface area contributed by atoms with E-state index in [0.717, 1.165) is 0 Å². The van der Waals surface area contributed by atoms with E-state index in [4.69, 9.17) is 30.5 Å². The summed E-state index contributed by atoms with van der Waals surface area (Å²) in [5, 5.41) is 0.287. The van der Waals surface area contributed by atoms with Gasteiger partial charge in [-0.2, -0.15) is 0 Å². The van der Waals surface area contributed by atoms with Gasteiger partial charge in [-0.3, -0.25) is 9.52 Å². The summed E-state index contributed by atoms with van der Waals surface area (Å²) in [6, 6.07) is 8.68. The third-order valence-electron chi connectivity index (χ3n) is 4.84. The Bertz CT molecular complexity index is 1050. The predicted octanol–water partition coefficient (Wildman–Crippen LogP) is 2.78. The van der Waals surface area contributed by atoms with Crippen molar-refractivity contribution in [2.75, 3.05) is 45.2 Å². The van der Waals surface area contributed by atoms with Crippen LogP contribution in [0.2, 0.25) is 5.02 Å². The van der Waals surface area contributed by atoms with Crippen molar-refractivity contribution in [3.05, 3.63) is 41.4 Å². The van der Waals surface area contributed by atoms with E-state index in [1.807, 2.05) is 0 Å². The molecule has 0 saturated carbocycles. The van der Waals surface area contributed by atoms with Gasteiger partial charge >= 0.3 is 0 Å². The fraction of sp³-hybridized carbons (Fsp3) is 0.381. The molecule has 2 aromatic rings. The molecule has 0 spiro atoms. The molecule has 3 rings (SSSR count). The molecule has 1 aliphatic heterocycles. The van der Waals surface area contributed by atoms with Crippen molar-refractivity contribution in [2.45, 2.75) is 17.9 Å². The van der Waals surface area contributed by atoms with Crippen LogP contribution < -0.4 is 18.9 Å². The Morgan fingerprint density at radius 3 is 2.31 bits per heavy atom. The van der Waals surface area contributed by atoms with E-state index in [-0.39, 0.29) is 27.3 Å². The Balaban J connectivity index is 1.71. The maximum absolute atomic E-state index is 12.8. The van der Waals surface area contributed by atoms with Gasteiger partial charge in [0, 0.05) is 25.2 Å². The summed E-state index contributed by atoms with van der Waals surface area (Å²) in [4.78, 5) is 14.2. The lowest BCUT2D eigenvalue weighted by atomic mass is 10.3. The maximum Gasteiger partial charge on any atom is 0.263 e. The molecule has 11 heteroatoms. The van der Waals surface area contributed by atoms with Gasteiger partial charge in [0.15, 0.2) is 6.10 Å². The van der Waals surface area contributed by atoms with Crippen molar-refractivity contribution in [3.63, 3.8) is 0 Å². The quantitative estimate of drug-likeness (QED) is 0.614. The number of methoxy groups -OCH3 is 2. The lowest BCUT2D eigenvalue weighted by Gasteiger charge is -2.29. The van der Waals surface area contributed by atoms with Gasteiger partial charge in [0.25, 0.3) is 15.9 Å². The molecule has 9 nitrogen and oxygen atoms in total.